The average molecular weight is 499 g/mol. The molecule has 1 heterocycles. The third kappa shape index (κ3) is 3.71. The summed E-state index contributed by atoms with van der Waals surface area (Å²) in [4.78, 5) is 0. The molecule has 3 nitrogen and oxygen atoms in total. The maximum atomic E-state index is 7.72. The third-order valence-corrected chi connectivity index (χ3v) is 7.55. The Kier molecular flexibility index (Phi) is 6.42. The first-order valence-electron chi connectivity index (χ1n) is 12.9. The van der Waals surface area contributed by atoms with Crippen LogP contribution in [0.3, 0.4) is 0 Å². The van der Waals surface area contributed by atoms with E-state index in [4.69, 9.17) is 14.2 Å². The molecule has 0 amide bonds. The minimum Gasteiger partial charge on any atom is -0.346 e. The van der Waals surface area contributed by atoms with Crippen LogP contribution in [0.4, 0.5) is 0 Å². The van der Waals surface area contributed by atoms with Crippen LogP contribution in [0.15, 0.2) is 152 Å². The van der Waals surface area contributed by atoms with Crippen molar-refractivity contribution in [2.24, 2.45) is 0 Å². The van der Waals surface area contributed by atoms with Gasteiger partial charge in [-0.3, -0.25) is 0 Å². The van der Waals surface area contributed by atoms with Crippen molar-refractivity contribution in [1.82, 2.24) is 0 Å². The van der Waals surface area contributed by atoms with Crippen molar-refractivity contribution in [3.05, 3.63) is 179 Å². The second-order valence-electron chi connectivity index (χ2n) is 9.55. The van der Waals surface area contributed by atoms with E-state index in [1.54, 1.807) is 7.11 Å². The van der Waals surface area contributed by atoms with Gasteiger partial charge >= 0.3 is 0 Å². The molecule has 0 radical (unpaired) electrons. The lowest BCUT2D eigenvalue weighted by Crippen LogP contribution is -2.64. The molecule has 0 spiro atoms. The summed E-state index contributed by atoms with van der Waals surface area (Å²) in [5.74, 6) is -1.27. The number of hydrogen-bond acceptors (Lipinski definition) is 3. The summed E-state index contributed by atoms with van der Waals surface area (Å²) in [6.45, 7) is 0.255. The molecule has 1 saturated heterocycles. The van der Waals surface area contributed by atoms with Crippen molar-refractivity contribution in [2.45, 2.75) is 17.0 Å². The first-order chi connectivity index (χ1) is 18.8. The SMILES string of the molecule is COC1(c2ccccc2)OCC(c2ccccc2)(c2ccccc2)OC1(c1ccccc1)c1ccccc1. The lowest BCUT2D eigenvalue weighted by molar-refractivity contribution is -0.399. The molecule has 5 aromatic rings. The molecule has 0 aliphatic carbocycles. The predicted octanol–water partition coefficient (Wildman–Crippen LogP) is 7.42. The number of methoxy groups -OCH3 is 1. The van der Waals surface area contributed by atoms with Gasteiger partial charge in [-0.15, -0.1) is 0 Å². The van der Waals surface area contributed by atoms with Crippen molar-refractivity contribution in [1.29, 1.82) is 0 Å². The first kappa shape index (κ1) is 24.3. The van der Waals surface area contributed by atoms with Crippen molar-refractivity contribution in [3.63, 3.8) is 0 Å². The Balaban J connectivity index is 1.72. The molecule has 6 rings (SSSR count). The van der Waals surface area contributed by atoms with Crippen LogP contribution in [0, 0.1) is 0 Å². The topological polar surface area (TPSA) is 27.7 Å². The molecule has 5 aromatic carbocycles. The Morgan fingerprint density at radius 2 is 0.816 bits per heavy atom. The highest BCUT2D eigenvalue weighted by Gasteiger charge is 2.65. The van der Waals surface area contributed by atoms with Gasteiger partial charge in [0.1, 0.15) is 5.60 Å². The van der Waals surface area contributed by atoms with Gasteiger partial charge in [0.25, 0.3) is 0 Å². The van der Waals surface area contributed by atoms with Crippen LogP contribution in [-0.4, -0.2) is 13.7 Å². The van der Waals surface area contributed by atoms with E-state index in [9.17, 15) is 0 Å². The predicted molar refractivity (Wildman–Crippen MR) is 149 cm³/mol. The van der Waals surface area contributed by atoms with Crippen molar-refractivity contribution < 1.29 is 14.2 Å². The van der Waals surface area contributed by atoms with Gasteiger partial charge in [0, 0.05) is 12.7 Å². The number of rotatable bonds is 6. The van der Waals surface area contributed by atoms with Gasteiger partial charge in [0.15, 0.2) is 5.60 Å². The van der Waals surface area contributed by atoms with Crippen LogP contribution in [0.25, 0.3) is 0 Å². The molecule has 0 saturated carbocycles. The van der Waals surface area contributed by atoms with Crippen LogP contribution in [-0.2, 0) is 31.2 Å². The van der Waals surface area contributed by atoms with E-state index in [-0.39, 0.29) is 6.61 Å². The molecular weight excluding hydrogens is 468 g/mol. The molecule has 1 unspecified atom stereocenters. The van der Waals surface area contributed by atoms with Crippen molar-refractivity contribution in [2.75, 3.05) is 13.7 Å². The van der Waals surface area contributed by atoms with E-state index < -0.39 is 17.0 Å². The van der Waals surface area contributed by atoms with E-state index in [0.29, 0.717) is 0 Å². The second kappa shape index (κ2) is 10.0. The van der Waals surface area contributed by atoms with Crippen LogP contribution in [0.2, 0.25) is 0 Å². The van der Waals surface area contributed by atoms with Crippen LogP contribution in [0.1, 0.15) is 27.8 Å². The summed E-state index contributed by atoms with van der Waals surface area (Å²) >= 11 is 0. The summed E-state index contributed by atoms with van der Waals surface area (Å²) in [7, 11) is 1.70. The summed E-state index contributed by atoms with van der Waals surface area (Å²) in [6.07, 6.45) is 0. The Labute approximate surface area is 224 Å². The van der Waals surface area contributed by atoms with Crippen LogP contribution in [0.5, 0.6) is 0 Å². The molecule has 0 bridgehead atoms. The van der Waals surface area contributed by atoms with Gasteiger partial charge in [0.05, 0.1) is 6.61 Å². The molecule has 0 aromatic heterocycles. The quantitative estimate of drug-likeness (QED) is 0.244. The van der Waals surface area contributed by atoms with Gasteiger partial charge in [-0.05, 0) is 22.3 Å². The second-order valence-corrected chi connectivity index (χ2v) is 9.55. The fourth-order valence-corrected chi connectivity index (χ4v) is 5.80. The Morgan fingerprint density at radius 3 is 1.18 bits per heavy atom. The average Bonchev–Trinajstić information content (AvgIpc) is 3.03. The van der Waals surface area contributed by atoms with Gasteiger partial charge in [-0.25, -0.2) is 0 Å². The van der Waals surface area contributed by atoms with Gasteiger partial charge in [0.2, 0.25) is 5.79 Å². The number of benzene rings is 5. The standard InChI is InChI=1S/C35H30O3/c1-36-35(32-25-15-6-16-26-32)34(30-21-11-4-12-22-30,31-23-13-5-14-24-31)38-33(27-37-35,28-17-7-2-8-18-28)29-19-9-3-10-20-29/h2-26H,27H2,1H3. The van der Waals surface area contributed by atoms with Crippen molar-refractivity contribution in [3.8, 4) is 0 Å². The van der Waals surface area contributed by atoms with Gasteiger partial charge in [-0.2, -0.15) is 0 Å². The van der Waals surface area contributed by atoms with E-state index >= 15 is 0 Å². The highest BCUT2D eigenvalue weighted by Crippen LogP contribution is 2.59. The molecule has 1 aliphatic rings. The third-order valence-electron chi connectivity index (χ3n) is 7.55. The molecule has 188 valence electrons. The Hall–Kier alpha value is -4.02. The lowest BCUT2D eigenvalue weighted by atomic mass is 9.72. The van der Waals surface area contributed by atoms with E-state index in [1.807, 2.05) is 103 Å². The molecule has 1 aliphatic heterocycles. The Morgan fingerprint density at radius 1 is 0.474 bits per heavy atom. The van der Waals surface area contributed by atoms with Crippen molar-refractivity contribution >= 4 is 0 Å². The smallest absolute Gasteiger partial charge is 0.233 e. The highest BCUT2D eigenvalue weighted by molar-refractivity contribution is 5.47. The molecule has 38 heavy (non-hydrogen) atoms. The van der Waals surface area contributed by atoms with E-state index in [2.05, 4.69) is 48.5 Å². The minimum absolute atomic E-state index is 0.255. The van der Waals surface area contributed by atoms with Crippen LogP contribution < -0.4 is 0 Å². The first-order valence-corrected chi connectivity index (χ1v) is 12.9. The molecule has 1 atom stereocenters. The Bertz CT molecular complexity index is 1380. The minimum atomic E-state index is -1.27. The lowest BCUT2D eigenvalue weighted by Gasteiger charge is -2.58. The maximum Gasteiger partial charge on any atom is 0.233 e. The number of ether oxygens (including phenoxy) is 3. The molecule has 0 N–H and O–H groups in total. The highest BCUT2D eigenvalue weighted by atomic mass is 16.7. The van der Waals surface area contributed by atoms with E-state index in [0.717, 1.165) is 27.8 Å². The zero-order chi connectivity index (χ0) is 25.9. The van der Waals surface area contributed by atoms with Crippen LogP contribution >= 0.6 is 0 Å². The zero-order valence-electron chi connectivity index (χ0n) is 21.4. The zero-order valence-corrected chi connectivity index (χ0v) is 21.4. The summed E-state index contributed by atoms with van der Waals surface area (Å²) in [5, 5.41) is 0. The monoisotopic (exact) mass is 498 g/mol. The summed E-state index contributed by atoms with van der Waals surface area (Å²) < 4.78 is 21.3. The largest absolute Gasteiger partial charge is 0.346 e. The normalized spacial score (nSPS) is 20.0. The summed E-state index contributed by atoms with van der Waals surface area (Å²) in [5.41, 5.74) is 2.70. The molecular formula is C35H30O3. The maximum absolute atomic E-state index is 7.72. The summed E-state index contributed by atoms with van der Waals surface area (Å²) in [6, 6.07) is 51.4. The fraction of sp³-hybridized carbons (Fsp3) is 0.143. The number of hydrogen-bond donors (Lipinski definition) is 0. The molecule has 3 heteroatoms. The molecule has 1 fully saturated rings. The fourth-order valence-electron chi connectivity index (χ4n) is 5.80. The van der Waals surface area contributed by atoms with E-state index in [1.165, 1.54) is 0 Å². The van der Waals surface area contributed by atoms with Gasteiger partial charge in [-0.1, -0.05) is 152 Å². The van der Waals surface area contributed by atoms with Gasteiger partial charge < -0.3 is 14.2 Å².